The zero-order chi connectivity index (χ0) is 16.0. The van der Waals surface area contributed by atoms with Crippen LogP contribution in [-0.4, -0.2) is 29.4 Å². The highest BCUT2D eigenvalue weighted by atomic mass is 16.2. The molecule has 5 heteroatoms. The van der Waals surface area contributed by atoms with E-state index in [1.165, 1.54) is 0 Å². The molecule has 0 saturated carbocycles. The third-order valence-electron chi connectivity index (χ3n) is 2.29. The van der Waals surface area contributed by atoms with Crippen molar-refractivity contribution in [3.63, 3.8) is 0 Å². The van der Waals surface area contributed by atoms with Gasteiger partial charge in [-0.3, -0.25) is 24.0 Å². The summed E-state index contributed by atoms with van der Waals surface area (Å²) >= 11 is 0. The van der Waals surface area contributed by atoms with E-state index in [1.54, 1.807) is 0 Å². The van der Waals surface area contributed by atoms with E-state index in [4.69, 9.17) is 0 Å². The van der Waals surface area contributed by atoms with Gasteiger partial charge >= 0.3 is 0 Å². The fourth-order valence-electron chi connectivity index (χ4n) is 1.05. The highest BCUT2D eigenvalue weighted by Gasteiger charge is 2.26. The van der Waals surface area contributed by atoms with E-state index in [0.29, 0.717) is 0 Å². The van der Waals surface area contributed by atoms with E-state index in [2.05, 4.69) is 32.9 Å². The van der Waals surface area contributed by atoms with Crippen LogP contribution < -0.4 is 0 Å². The fraction of sp³-hybridized carbons (Fsp3) is 0. The number of carbonyl (C=O) groups is 5. The van der Waals surface area contributed by atoms with Gasteiger partial charge in [0.1, 0.15) is 0 Å². The van der Waals surface area contributed by atoms with Crippen molar-refractivity contribution in [2.75, 3.05) is 0 Å². The highest BCUT2D eigenvalue weighted by molar-refractivity contribution is 6.44. The molecule has 0 aromatic rings. The second kappa shape index (κ2) is 6.84. The van der Waals surface area contributed by atoms with Gasteiger partial charge in [-0.2, -0.15) is 0 Å². The van der Waals surface area contributed by atoms with Crippen LogP contribution in [0.3, 0.4) is 0 Å². The van der Waals surface area contributed by atoms with Crippen LogP contribution in [-0.2, 0) is 24.0 Å². The van der Waals surface area contributed by atoms with E-state index in [-0.39, 0.29) is 6.29 Å². The molecule has 0 aliphatic carbocycles. The standard InChI is InChI=1S/C15H12O5/c1-6-12(17)9(3)14(19)11(5)15(20)10(4)13(18)8(2)7-16/h6-7H,1-5H2. The minimum atomic E-state index is -1.08. The Morgan fingerprint density at radius 1 is 0.700 bits per heavy atom. The summed E-state index contributed by atoms with van der Waals surface area (Å²) in [6, 6.07) is 0. The summed E-state index contributed by atoms with van der Waals surface area (Å²) in [6.45, 7) is 15.9. The quantitative estimate of drug-likeness (QED) is 0.269. The Balaban J connectivity index is 5.19. The van der Waals surface area contributed by atoms with Crippen molar-refractivity contribution >= 4 is 29.4 Å². The van der Waals surface area contributed by atoms with Crippen LogP contribution in [0.2, 0.25) is 0 Å². The summed E-state index contributed by atoms with van der Waals surface area (Å²) < 4.78 is 0. The van der Waals surface area contributed by atoms with Crippen LogP contribution in [0.1, 0.15) is 0 Å². The first-order valence-corrected chi connectivity index (χ1v) is 5.20. The molecule has 0 aromatic heterocycles. The van der Waals surface area contributed by atoms with E-state index in [1.807, 2.05) is 0 Å². The molecule has 102 valence electrons. The van der Waals surface area contributed by atoms with Crippen LogP contribution in [0.25, 0.3) is 0 Å². The molecule has 5 nitrogen and oxygen atoms in total. The molecule has 0 radical (unpaired) electrons. The zero-order valence-corrected chi connectivity index (χ0v) is 10.7. The van der Waals surface area contributed by atoms with Gasteiger partial charge in [-0.15, -0.1) is 0 Å². The van der Waals surface area contributed by atoms with Crippen LogP contribution in [0.5, 0.6) is 0 Å². The van der Waals surface area contributed by atoms with Gasteiger partial charge in [0.05, 0.1) is 22.3 Å². The number of ketones is 4. The molecule has 0 atom stereocenters. The van der Waals surface area contributed by atoms with Gasteiger partial charge in [0.25, 0.3) is 0 Å². The number of carbonyl (C=O) groups excluding carboxylic acids is 5. The second-order valence-electron chi connectivity index (χ2n) is 3.63. The molecule has 0 N–H and O–H groups in total. The van der Waals surface area contributed by atoms with Gasteiger partial charge in [-0.05, 0) is 6.08 Å². The van der Waals surface area contributed by atoms with Gasteiger partial charge in [0.15, 0.2) is 29.4 Å². The first-order chi connectivity index (χ1) is 9.18. The summed E-state index contributed by atoms with van der Waals surface area (Å²) in [6.07, 6.45) is 1.01. The Bertz CT molecular complexity index is 548. The number of aldehydes is 1. The molecule has 0 amide bonds. The summed E-state index contributed by atoms with van der Waals surface area (Å²) in [5.74, 6) is -3.87. The fourth-order valence-corrected chi connectivity index (χ4v) is 1.05. The third kappa shape index (κ3) is 3.52. The van der Waals surface area contributed by atoms with Crippen molar-refractivity contribution in [3.05, 3.63) is 61.3 Å². The molecule has 0 aromatic carbocycles. The number of hydrogen-bond acceptors (Lipinski definition) is 5. The minimum absolute atomic E-state index is 0.158. The van der Waals surface area contributed by atoms with Crippen LogP contribution >= 0.6 is 0 Å². The average Bonchev–Trinajstić information content (AvgIpc) is 2.48. The lowest BCUT2D eigenvalue weighted by atomic mass is 9.93. The van der Waals surface area contributed by atoms with E-state index < -0.39 is 45.4 Å². The van der Waals surface area contributed by atoms with Crippen LogP contribution in [0, 0.1) is 0 Å². The molecule has 0 unspecified atom stereocenters. The number of rotatable bonds is 9. The first-order valence-electron chi connectivity index (χ1n) is 5.20. The molecule has 0 rings (SSSR count). The summed E-state index contributed by atoms with van der Waals surface area (Å²) in [4.78, 5) is 56.6. The van der Waals surface area contributed by atoms with Crippen LogP contribution in [0.15, 0.2) is 61.3 Å². The van der Waals surface area contributed by atoms with Gasteiger partial charge < -0.3 is 0 Å². The number of hydrogen-bond donors (Lipinski definition) is 0. The minimum Gasteiger partial charge on any atom is -0.298 e. The molecule has 0 fully saturated rings. The summed E-state index contributed by atoms with van der Waals surface area (Å²) in [5.41, 5.74) is -2.28. The maximum absolute atomic E-state index is 11.8. The lowest BCUT2D eigenvalue weighted by Crippen LogP contribution is -2.22. The molecule has 20 heavy (non-hydrogen) atoms. The number of allylic oxidation sites excluding steroid dienone is 5. The van der Waals surface area contributed by atoms with Gasteiger partial charge in [-0.25, -0.2) is 0 Å². The second-order valence-corrected chi connectivity index (χ2v) is 3.63. The largest absolute Gasteiger partial charge is 0.298 e. The molecule has 0 bridgehead atoms. The monoisotopic (exact) mass is 272 g/mol. The van der Waals surface area contributed by atoms with E-state index in [9.17, 15) is 24.0 Å². The SMILES string of the molecule is C=CC(=O)C(=C)C(=O)C(=C)C(=O)C(=C)C(=O)C(=C)C=O. The highest BCUT2D eigenvalue weighted by Crippen LogP contribution is 2.12. The van der Waals surface area contributed by atoms with Crippen molar-refractivity contribution in [2.24, 2.45) is 0 Å². The normalized spacial score (nSPS) is 9.00. The third-order valence-corrected chi connectivity index (χ3v) is 2.29. The molecule has 0 aliphatic heterocycles. The van der Waals surface area contributed by atoms with E-state index in [0.717, 1.165) is 6.08 Å². The van der Waals surface area contributed by atoms with Crippen molar-refractivity contribution in [1.29, 1.82) is 0 Å². The van der Waals surface area contributed by atoms with Gasteiger partial charge in [0, 0.05) is 0 Å². The first kappa shape index (κ1) is 17.1. The van der Waals surface area contributed by atoms with Gasteiger partial charge in [-0.1, -0.05) is 32.9 Å². The predicted molar refractivity (Wildman–Crippen MR) is 72.8 cm³/mol. The van der Waals surface area contributed by atoms with Gasteiger partial charge in [0.2, 0.25) is 0 Å². The van der Waals surface area contributed by atoms with Crippen molar-refractivity contribution < 1.29 is 24.0 Å². The van der Waals surface area contributed by atoms with Crippen molar-refractivity contribution in [3.8, 4) is 0 Å². The Morgan fingerprint density at radius 3 is 1.50 bits per heavy atom. The lowest BCUT2D eigenvalue weighted by Gasteiger charge is -2.06. The Hall–Kier alpha value is -2.95. The summed E-state index contributed by atoms with van der Waals surface area (Å²) in [5, 5.41) is 0. The Labute approximate surface area is 115 Å². The molecular formula is C15H12O5. The topological polar surface area (TPSA) is 85.3 Å². The maximum atomic E-state index is 11.8. The lowest BCUT2D eigenvalue weighted by molar-refractivity contribution is -0.120. The average molecular weight is 272 g/mol. The van der Waals surface area contributed by atoms with Crippen molar-refractivity contribution in [1.82, 2.24) is 0 Å². The smallest absolute Gasteiger partial charge is 0.199 e. The molecule has 0 heterocycles. The molecule has 0 saturated heterocycles. The Kier molecular flexibility index (Phi) is 5.83. The predicted octanol–water partition coefficient (Wildman–Crippen LogP) is 0.872. The van der Waals surface area contributed by atoms with Crippen molar-refractivity contribution in [2.45, 2.75) is 0 Å². The molecule has 0 spiro atoms. The molecule has 0 aliphatic rings. The van der Waals surface area contributed by atoms with Crippen LogP contribution in [0.4, 0.5) is 0 Å². The zero-order valence-electron chi connectivity index (χ0n) is 10.7. The molecular weight excluding hydrogens is 260 g/mol. The number of Topliss-reactive ketones (excluding diaryl/α,β-unsaturated/α-hetero) is 3. The van der Waals surface area contributed by atoms with E-state index >= 15 is 0 Å². The summed E-state index contributed by atoms with van der Waals surface area (Å²) in [7, 11) is 0. The Morgan fingerprint density at radius 2 is 1.10 bits per heavy atom. The maximum Gasteiger partial charge on any atom is 0.199 e.